The van der Waals surface area contributed by atoms with E-state index in [1.54, 1.807) is 43.4 Å². The topological polar surface area (TPSA) is 118 Å². The Balaban J connectivity index is 1.67. The third kappa shape index (κ3) is 5.24. The fraction of sp³-hybridized carbons (Fsp3) is 0.312. The number of nitrogens with zero attached hydrogens (tertiary/aromatic N) is 6. The minimum atomic E-state index is -1.56. The molecule has 1 N–H and O–H groups in total. The third-order valence-corrected chi connectivity index (χ3v) is 8.00. The number of halogens is 1. The number of ether oxygens (including phenoxy) is 1. The van der Waals surface area contributed by atoms with E-state index in [-0.39, 0.29) is 36.3 Å². The number of nitriles is 2. The zero-order valence-electron chi connectivity index (χ0n) is 23.7. The van der Waals surface area contributed by atoms with Crippen LogP contribution in [0.25, 0.3) is 11.0 Å². The number of fused-ring (bicyclic) bond motifs is 1. The highest BCUT2D eigenvalue weighted by Gasteiger charge is 2.48. The fourth-order valence-electron chi connectivity index (χ4n) is 5.86. The Hall–Kier alpha value is -4.61. The van der Waals surface area contributed by atoms with Gasteiger partial charge < -0.3 is 19.3 Å². The summed E-state index contributed by atoms with van der Waals surface area (Å²) in [4.78, 5) is 21.5. The van der Waals surface area contributed by atoms with E-state index in [1.807, 2.05) is 28.9 Å². The van der Waals surface area contributed by atoms with Crippen LogP contribution in [0.4, 0.5) is 10.1 Å². The summed E-state index contributed by atoms with van der Waals surface area (Å²) in [6.07, 6.45) is 0.664. The van der Waals surface area contributed by atoms with Crippen molar-refractivity contribution in [1.29, 1.82) is 10.5 Å². The first-order valence-electron chi connectivity index (χ1n) is 13.6. The van der Waals surface area contributed by atoms with E-state index in [0.717, 1.165) is 11.1 Å². The molecule has 0 bridgehead atoms. The second-order valence-electron chi connectivity index (χ2n) is 10.5. The van der Waals surface area contributed by atoms with Gasteiger partial charge in [0.05, 0.1) is 42.0 Å². The van der Waals surface area contributed by atoms with Crippen molar-refractivity contribution in [1.82, 2.24) is 14.5 Å². The number of β-amino-alcohol motifs (C(OH)–C–C–N with tert-alkyl or cyclic N) is 1. The lowest BCUT2D eigenvalue weighted by Crippen LogP contribution is -2.68. The molecule has 0 aliphatic carbocycles. The summed E-state index contributed by atoms with van der Waals surface area (Å²) >= 11 is 0. The molecule has 0 radical (unpaired) electrons. The predicted molar refractivity (Wildman–Crippen MR) is 156 cm³/mol. The Morgan fingerprint density at radius 2 is 1.76 bits per heavy atom. The first-order chi connectivity index (χ1) is 20.2. The fourth-order valence-corrected chi connectivity index (χ4v) is 5.86. The second kappa shape index (κ2) is 11.7. The SMILES string of the molecule is CC[C@H]1CN(C(c2ccc(F)cc2)c2ccc(C#N)cc2)C(O)(COC)CN1c1cc(=O)n(C)c2ccc(C#N)nc12. The van der Waals surface area contributed by atoms with Crippen LogP contribution in [-0.4, -0.2) is 58.1 Å². The normalized spacial score (nSPS) is 19.8. The number of pyridine rings is 2. The van der Waals surface area contributed by atoms with Crippen LogP contribution in [0.1, 0.15) is 41.8 Å². The minimum absolute atomic E-state index is 0.0619. The molecule has 10 heteroatoms. The van der Waals surface area contributed by atoms with Gasteiger partial charge in [-0.2, -0.15) is 10.5 Å². The number of anilines is 1. The molecule has 3 atom stereocenters. The molecule has 9 nitrogen and oxygen atoms in total. The smallest absolute Gasteiger partial charge is 0.252 e. The molecule has 1 fully saturated rings. The Morgan fingerprint density at radius 3 is 2.36 bits per heavy atom. The largest absolute Gasteiger partial charge is 0.380 e. The van der Waals surface area contributed by atoms with Crippen molar-refractivity contribution < 1.29 is 14.2 Å². The molecular formula is C32H31FN6O3. The summed E-state index contributed by atoms with van der Waals surface area (Å²) in [7, 11) is 3.17. The van der Waals surface area contributed by atoms with Gasteiger partial charge in [-0.15, -0.1) is 0 Å². The Labute approximate surface area is 243 Å². The average Bonchev–Trinajstić information content (AvgIpc) is 3.00. The summed E-state index contributed by atoms with van der Waals surface area (Å²) in [5, 5.41) is 31.3. The first-order valence-corrected chi connectivity index (χ1v) is 13.6. The van der Waals surface area contributed by atoms with Gasteiger partial charge >= 0.3 is 0 Å². The number of methoxy groups -OCH3 is 1. The maximum absolute atomic E-state index is 14.0. The summed E-state index contributed by atoms with van der Waals surface area (Å²) in [6, 6.07) is 21.6. The van der Waals surface area contributed by atoms with Crippen LogP contribution in [0.15, 0.2) is 71.5 Å². The van der Waals surface area contributed by atoms with Gasteiger partial charge in [0.1, 0.15) is 23.1 Å². The molecule has 2 aromatic heterocycles. The highest BCUT2D eigenvalue weighted by Crippen LogP contribution is 2.40. The van der Waals surface area contributed by atoms with Crippen LogP contribution >= 0.6 is 0 Å². The van der Waals surface area contributed by atoms with Crippen LogP contribution < -0.4 is 10.5 Å². The van der Waals surface area contributed by atoms with Crippen LogP contribution in [0, 0.1) is 28.5 Å². The molecule has 2 unspecified atom stereocenters. The third-order valence-electron chi connectivity index (χ3n) is 8.00. The average molecular weight is 567 g/mol. The Bertz CT molecular complexity index is 1740. The van der Waals surface area contributed by atoms with Crippen molar-refractivity contribution >= 4 is 16.7 Å². The van der Waals surface area contributed by atoms with Crippen LogP contribution in [-0.2, 0) is 11.8 Å². The first kappa shape index (κ1) is 28.9. The van der Waals surface area contributed by atoms with Gasteiger partial charge in [0, 0.05) is 32.8 Å². The molecule has 5 rings (SSSR count). The van der Waals surface area contributed by atoms with E-state index in [4.69, 9.17) is 4.74 Å². The zero-order valence-corrected chi connectivity index (χ0v) is 23.7. The summed E-state index contributed by atoms with van der Waals surface area (Å²) in [5.74, 6) is -0.373. The predicted octanol–water partition coefficient (Wildman–Crippen LogP) is 3.84. The van der Waals surface area contributed by atoms with Crippen LogP contribution in [0.2, 0.25) is 0 Å². The molecule has 0 amide bonds. The number of hydrogen-bond donors (Lipinski definition) is 1. The summed E-state index contributed by atoms with van der Waals surface area (Å²) in [5.41, 5.74) is 2.10. The van der Waals surface area contributed by atoms with Gasteiger partial charge in [-0.3, -0.25) is 9.69 Å². The standard InChI is InChI=1S/C32H31FN6O3/c1-4-26-18-39(31(23-9-11-24(33)12-10-23)22-7-5-21(16-34)6-8-22)32(41,20-42-3)19-38(26)28-15-29(40)37(2)27-14-13-25(17-35)36-30(27)28/h5-15,26,31,41H,4,18-20H2,1-3H3/t26-,31?,32?/m0/s1. The molecule has 4 aromatic rings. The van der Waals surface area contributed by atoms with Crippen molar-refractivity contribution in [2.75, 3.05) is 31.7 Å². The summed E-state index contributed by atoms with van der Waals surface area (Å²) in [6.45, 7) is 2.39. The lowest BCUT2D eigenvalue weighted by molar-refractivity contribution is -0.167. The van der Waals surface area contributed by atoms with Crippen molar-refractivity contribution in [2.45, 2.75) is 31.2 Å². The molecule has 0 saturated carbocycles. The highest BCUT2D eigenvalue weighted by atomic mass is 19.1. The number of piperazine rings is 1. The quantitative estimate of drug-likeness (QED) is 0.359. The van der Waals surface area contributed by atoms with Gasteiger partial charge in [-0.1, -0.05) is 31.2 Å². The van der Waals surface area contributed by atoms with Crippen molar-refractivity contribution in [3.63, 3.8) is 0 Å². The molecule has 214 valence electrons. The van der Waals surface area contributed by atoms with Gasteiger partial charge in [0.25, 0.3) is 5.56 Å². The van der Waals surface area contributed by atoms with Gasteiger partial charge in [0.2, 0.25) is 0 Å². The van der Waals surface area contributed by atoms with Crippen molar-refractivity contribution in [3.8, 4) is 12.1 Å². The van der Waals surface area contributed by atoms with E-state index in [2.05, 4.69) is 17.1 Å². The second-order valence-corrected chi connectivity index (χ2v) is 10.5. The lowest BCUT2D eigenvalue weighted by Gasteiger charge is -2.54. The zero-order chi connectivity index (χ0) is 30.0. The number of rotatable bonds is 7. The molecule has 1 saturated heterocycles. The molecule has 1 aliphatic rings. The van der Waals surface area contributed by atoms with E-state index >= 15 is 0 Å². The van der Waals surface area contributed by atoms with E-state index in [9.17, 15) is 24.8 Å². The van der Waals surface area contributed by atoms with Crippen LogP contribution in [0.5, 0.6) is 0 Å². The number of aliphatic hydroxyl groups is 1. The number of hydrogen-bond acceptors (Lipinski definition) is 8. The highest BCUT2D eigenvalue weighted by molar-refractivity contribution is 5.89. The Kier molecular flexibility index (Phi) is 8.06. The molecule has 3 heterocycles. The maximum Gasteiger partial charge on any atom is 0.252 e. The molecule has 2 aromatic carbocycles. The lowest BCUT2D eigenvalue weighted by atomic mass is 9.90. The van der Waals surface area contributed by atoms with Crippen molar-refractivity contribution in [3.05, 3.63) is 105 Å². The van der Waals surface area contributed by atoms with E-state index in [1.165, 1.54) is 29.9 Å². The Morgan fingerprint density at radius 1 is 1.10 bits per heavy atom. The number of benzene rings is 2. The monoisotopic (exact) mass is 566 g/mol. The minimum Gasteiger partial charge on any atom is -0.380 e. The van der Waals surface area contributed by atoms with Gasteiger partial charge in [0.15, 0.2) is 5.72 Å². The summed E-state index contributed by atoms with van der Waals surface area (Å²) < 4.78 is 21.0. The van der Waals surface area contributed by atoms with E-state index in [0.29, 0.717) is 35.2 Å². The van der Waals surface area contributed by atoms with Gasteiger partial charge in [-0.05, 0) is 53.9 Å². The molecule has 42 heavy (non-hydrogen) atoms. The molecule has 0 spiro atoms. The number of aromatic nitrogens is 2. The van der Waals surface area contributed by atoms with E-state index < -0.39 is 11.8 Å². The molecular weight excluding hydrogens is 535 g/mol. The van der Waals surface area contributed by atoms with Crippen molar-refractivity contribution in [2.24, 2.45) is 7.05 Å². The maximum atomic E-state index is 14.0. The van der Waals surface area contributed by atoms with Crippen LogP contribution in [0.3, 0.4) is 0 Å². The van der Waals surface area contributed by atoms with Gasteiger partial charge in [-0.25, -0.2) is 9.37 Å². The molecule has 1 aliphatic heterocycles. The number of aryl methyl sites for hydroxylation is 1.